The highest BCUT2D eigenvalue weighted by Gasteiger charge is 2.31. The predicted octanol–water partition coefficient (Wildman–Crippen LogP) is 0.939. The van der Waals surface area contributed by atoms with Gasteiger partial charge in [0.2, 0.25) is 5.91 Å². The lowest BCUT2D eigenvalue weighted by Crippen LogP contribution is -2.52. The molecule has 1 aliphatic heterocycles. The molecule has 3 N–H and O–H groups in total. The van der Waals surface area contributed by atoms with Gasteiger partial charge >= 0.3 is 0 Å². The van der Waals surface area contributed by atoms with Crippen LogP contribution in [0.25, 0.3) is 0 Å². The molecule has 26 heavy (non-hydrogen) atoms. The van der Waals surface area contributed by atoms with Crippen LogP contribution >= 0.6 is 0 Å². The summed E-state index contributed by atoms with van der Waals surface area (Å²) in [5, 5.41) is 2.73. The highest BCUT2D eigenvalue weighted by molar-refractivity contribution is 5.97. The number of rotatable bonds is 6. The maximum atomic E-state index is 14.5. The average molecular weight is 364 g/mol. The molecule has 142 valence electrons. The Balaban J connectivity index is 1.68. The van der Waals surface area contributed by atoms with Crippen LogP contribution in [0.15, 0.2) is 18.2 Å². The van der Waals surface area contributed by atoms with E-state index >= 15 is 0 Å². The van der Waals surface area contributed by atoms with Crippen LogP contribution in [0.1, 0.15) is 19.3 Å². The summed E-state index contributed by atoms with van der Waals surface area (Å²) >= 11 is 0. The van der Waals surface area contributed by atoms with Crippen LogP contribution in [0.5, 0.6) is 0 Å². The number of anilines is 2. The van der Waals surface area contributed by atoms with Gasteiger partial charge in [-0.2, -0.15) is 0 Å². The van der Waals surface area contributed by atoms with Crippen molar-refractivity contribution in [3.8, 4) is 0 Å². The predicted molar refractivity (Wildman–Crippen MR) is 96.4 cm³/mol. The number of likely N-dealkylation sites (N-methyl/N-ethyl adjacent to an activating group) is 1. The van der Waals surface area contributed by atoms with Gasteiger partial charge in [-0.05, 0) is 38.1 Å². The minimum Gasteiger partial charge on any atom is -0.370 e. The minimum atomic E-state index is -0.560. The van der Waals surface area contributed by atoms with Crippen molar-refractivity contribution in [3.05, 3.63) is 24.0 Å². The first-order valence-corrected chi connectivity index (χ1v) is 8.91. The molecule has 1 aromatic carbocycles. The van der Waals surface area contributed by atoms with E-state index in [1.165, 1.54) is 23.5 Å². The molecular formula is C18H25FN4O3. The Labute approximate surface area is 152 Å². The maximum Gasteiger partial charge on any atom is 0.253 e. The van der Waals surface area contributed by atoms with Crippen molar-refractivity contribution in [2.75, 3.05) is 43.6 Å². The van der Waals surface area contributed by atoms with Crippen LogP contribution < -0.4 is 16.0 Å². The third-order valence-electron chi connectivity index (χ3n) is 5.16. The number of nitrogens with zero attached hydrogens (tertiary/aromatic N) is 2. The van der Waals surface area contributed by atoms with Gasteiger partial charge in [-0.15, -0.1) is 0 Å². The molecule has 7 nitrogen and oxygen atoms in total. The Morgan fingerprint density at radius 1 is 1.50 bits per heavy atom. The summed E-state index contributed by atoms with van der Waals surface area (Å²) in [6.45, 7) is 0.823. The quantitative estimate of drug-likeness (QED) is 0.784. The van der Waals surface area contributed by atoms with Gasteiger partial charge in [0, 0.05) is 24.8 Å². The third-order valence-corrected chi connectivity index (χ3v) is 5.16. The third kappa shape index (κ3) is 3.87. The number of carbonyl (C=O) groups excluding carboxylic acids is 2. The number of morpholine rings is 1. The zero-order valence-electron chi connectivity index (χ0n) is 14.9. The van der Waals surface area contributed by atoms with E-state index < -0.39 is 11.9 Å². The molecule has 2 amide bonds. The number of halogens is 1. The van der Waals surface area contributed by atoms with E-state index in [2.05, 4.69) is 5.32 Å². The first kappa shape index (κ1) is 18.8. The van der Waals surface area contributed by atoms with Crippen molar-refractivity contribution in [2.45, 2.75) is 31.3 Å². The molecule has 0 bridgehead atoms. The van der Waals surface area contributed by atoms with Gasteiger partial charge in [-0.3, -0.25) is 14.5 Å². The molecule has 1 saturated carbocycles. The summed E-state index contributed by atoms with van der Waals surface area (Å²) in [5.41, 5.74) is 6.32. The van der Waals surface area contributed by atoms with Gasteiger partial charge in [-0.25, -0.2) is 4.39 Å². The molecule has 1 atom stereocenters. The number of ether oxygens (including phenoxy) is 1. The normalized spacial score (nSPS) is 19.4. The van der Waals surface area contributed by atoms with Crippen LogP contribution in [0.4, 0.5) is 15.8 Å². The molecule has 8 heteroatoms. The van der Waals surface area contributed by atoms with Crippen LogP contribution in [0.2, 0.25) is 0 Å². The van der Waals surface area contributed by atoms with Gasteiger partial charge in [0.05, 0.1) is 12.3 Å². The van der Waals surface area contributed by atoms with Gasteiger partial charge in [0.25, 0.3) is 5.91 Å². The average Bonchev–Trinajstić information content (AvgIpc) is 2.55. The summed E-state index contributed by atoms with van der Waals surface area (Å²) in [5.74, 6) is -1.09. The number of nitrogens with one attached hydrogen (secondary N) is 1. The molecule has 0 spiro atoms. The fourth-order valence-corrected chi connectivity index (χ4v) is 3.31. The number of amides is 2. The lowest BCUT2D eigenvalue weighted by atomic mass is 9.90. The summed E-state index contributed by atoms with van der Waals surface area (Å²) < 4.78 is 19.5. The van der Waals surface area contributed by atoms with E-state index in [1.54, 1.807) is 6.07 Å². The SMILES string of the molecule is CN(C1CCC1)[C@H](CN)C(=O)Nc1ccc(N2CCOCC2=O)c(F)c1. The van der Waals surface area contributed by atoms with Gasteiger partial charge in [0.1, 0.15) is 18.5 Å². The molecule has 3 rings (SSSR count). The summed E-state index contributed by atoms with van der Waals surface area (Å²) in [7, 11) is 1.90. The number of benzene rings is 1. The number of carbonyl (C=O) groups is 2. The highest BCUT2D eigenvalue weighted by atomic mass is 19.1. The van der Waals surface area contributed by atoms with E-state index in [9.17, 15) is 14.0 Å². The summed E-state index contributed by atoms with van der Waals surface area (Å²) in [6.07, 6.45) is 3.30. The second-order valence-corrected chi connectivity index (χ2v) is 6.76. The standard InChI is InChI=1S/C18H25FN4O3/c1-22(13-3-2-4-13)16(10-20)18(25)21-12-5-6-15(14(19)9-12)23-7-8-26-11-17(23)24/h5-6,9,13,16H,2-4,7-8,10-11,20H2,1H3,(H,21,25)/t16-/m1/s1. The Morgan fingerprint density at radius 3 is 2.85 bits per heavy atom. The van der Waals surface area contributed by atoms with E-state index in [0.717, 1.165) is 12.8 Å². The Bertz CT molecular complexity index is 680. The zero-order chi connectivity index (χ0) is 18.7. The molecule has 0 unspecified atom stereocenters. The van der Waals surface area contributed by atoms with E-state index in [-0.39, 0.29) is 30.7 Å². The Hall–Kier alpha value is -2.03. The molecule has 2 fully saturated rings. The van der Waals surface area contributed by atoms with Crippen LogP contribution in [-0.2, 0) is 14.3 Å². The number of hydrogen-bond acceptors (Lipinski definition) is 5. The smallest absolute Gasteiger partial charge is 0.253 e. The monoisotopic (exact) mass is 364 g/mol. The van der Waals surface area contributed by atoms with E-state index in [0.29, 0.717) is 24.9 Å². The van der Waals surface area contributed by atoms with Gasteiger partial charge in [-0.1, -0.05) is 6.42 Å². The minimum absolute atomic E-state index is 0.0520. The molecule has 2 aliphatic rings. The summed E-state index contributed by atoms with van der Waals surface area (Å²) in [6, 6.07) is 4.24. The van der Waals surface area contributed by atoms with E-state index in [4.69, 9.17) is 10.5 Å². The summed E-state index contributed by atoms with van der Waals surface area (Å²) in [4.78, 5) is 27.8. The Kier molecular flexibility index (Phi) is 5.85. The fourth-order valence-electron chi connectivity index (χ4n) is 3.31. The molecular weight excluding hydrogens is 339 g/mol. The largest absolute Gasteiger partial charge is 0.370 e. The molecule has 1 heterocycles. The lowest BCUT2D eigenvalue weighted by Gasteiger charge is -2.38. The first-order valence-electron chi connectivity index (χ1n) is 8.91. The van der Waals surface area contributed by atoms with Crippen molar-refractivity contribution in [1.29, 1.82) is 0 Å². The van der Waals surface area contributed by atoms with Crippen LogP contribution in [-0.4, -0.2) is 62.1 Å². The van der Waals surface area contributed by atoms with Gasteiger partial charge < -0.3 is 20.7 Å². The zero-order valence-corrected chi connectivity index (χ0v) is 14.9. The maximum absolute atomic E-state index is 14.5. The second kappa shape index (κ2) is 8.11. The van der Waals surface area contributed by atoms with Crippen LogP contribution in [0.3, 0.4) is 0 Å². The molecule has 1 saturated heterocycles. The highest BCUT2D eigenvalue weighted by Crippen LogP contribution is 2.26. The molecule has 0 radical (unpaired) electrons. The van der Waals surface area contributed by atoms with Crippen molar-refractivity contribution < 1.29 is 18.7 Å². The molecule has 1 aliphatic carbocycles. The van der Waals surface area contributed by atoms with Crippen molar-refractivity contribution in [1.82, 2.24) is 4.90 Å². The number of nitrogens with two attached hydrogens (primary N) is 1. The Morgan fingerprint density at radius 2 is 2.27 bits per heavy atom. The lowest BCUT2D eigenvalue weighted by molar-refractivity contribution is -0.125. The van der Waals surface area contributed by atoms with Crippen molar-refractivity contribution in [2.24, 2.45) is 5.73 Å². The fraction of sp³-hybridized carbons (Fsp3) is 0.556. The number of hydrogen-bond donors (Lipinski definition) is 2. The first-order chi connectivity index (χ1) is 12.5. The van der Waals surface area contributed by atoms with E-state index in [1.807, 2.05) is 11.9 Å². The topological polar surface area (TPSA) is 87.9 Å². The van der Waals surface area contributed by atoms with Gasteiger partial charge in [0.15, 0.2) is 0 Å². The van der Waals surface area contributed by atoms with Crippen molar-refractivity contribution in [3.63, 3.8) is 0 Å². The van der Waals surface area contributed by atoms with Crippen LogP contribution in [0, 0.1) is 5.82 Å². The van der Waals surface area contributed by atoms with Crippen molar-refractivity contribution >= 4 is 23.2 Å². The molecule has 1 aromatic rings. The second-order valence-electron chi connectivity index (χ2n) is 6.76. The molecule has 0 aromatic heterocycles.